The predicted octanol–water partition coefficient (Wildman–Crippen LogP) is 2.38. The van der Waals surface area contributed by atoms with Gasteiger partial charge < -0.3 is 9.09 Å². The molecular formula is C12H11N3O. The highest BCUT2D eigenvalue weighted by Gasteiger charge is 2.04. The second-order valence-corrected chi connectivity index (χ2v) is 3.85. The summed E-state index contributed by atoms with van der Waals surface area (Å²) in [5, 5.41) is 5.05. The van der Waals surface area contributed by atoms with E-state index in [4.69, 9.17) is 4.52 Å². The monoisotopic (exact) mass is 213 g/mol. The summed E-state index contributed by atoms with van der Waals surface area (Å²) in [7, 11) is 0. The van der Waals surface area contributed by atoms with Crippen LogP contribution < -0.4 is 0 Å². The highest BCUT2D eigenvalue weighted by atomic mass is 16.5. The van der Waals surface area contributed by atoms with Crippen LogP contribution >= 0.6 is 0 Å². The Bertz CT molecular complexity index is 610. The fraction of sp³-hybridized carbons (Fsp3) is 0.167. The summed E-state index contributed by atoms with van der Waals surface area (Å²) in [6, 6.07) is 8.49. The average molecular weight is 213 g/mol. The number of hydrogen-bond acceptors (Lipinski definition) is 3. The van der Waals surface area contributed by atoms with Crippen LogP contribution in [0.4, 0.5) is 0 Å². The Balaban J connectivity index is 2.04. The third-order valence-electron chi connectivity index (χ3n) is 2.65. The highest BCUT2D eigenvalue weighted by Crippen LogP contribution is 2.17. The maximum Gasteiger partial charge on any atom is 0.213 e. The third-order valence-corrected chi connectivity index (χ3v) is 2.65. The van der Waals surface area contributed by atoms with E-state index < -0.39 is 0 Å². The lowest BCUT2D eigenvalue weighted by Gasteiger charge is -2.01. The molecule has 0 unspecified atom stereocenters. The Morgan fingerprint density at radius 2 is 2.25 bits per heavy atom. The first-order valence-electron chi connectivity index (χ1n) is 5.14. The highest BCUT2D eigenvalue weighted by molar-refractivity contribution is 5.80. The molecule has 2 heterocycles. The van der Waals surface area contributed by atoms with Gasteiger partial charge in [-0.2, -0.15) is 4.98 Å². The maximum absolute atomic E-state index is 4.72. The minimum absolute atomic E-state index is 0.642. The number of benzene rings is 1. The molecule has 0 bridgehead atoms. The number of fused-ring (bicyclic) bond motifs is 1. The van der Waals surface area contributed by atoms with Gasteiger partial charge in [0.05, 0.1) is 6.54 Å². The van der Waals surface area contributed by atoms with Crippen LogP contribution in [0, 0.1) is 6.92 Å². The summed E-state index contributed by atoms with van der Waals surface area (Å²) in [5.74, 6) is 0.693. The Kier molecular flexibility index (Phi) is 1.99. The summed E-state index contributed by atoms with van der Waals surface area (Å²) in [6.07, 6.45) is 3.39. The van der Waals surface area contributed by atoms with Crippen molar-refractivity contribution in [2.75, 3.05) is 0 Å². The molecule has 4 heteroatoms. The molecule has 0 atom stereocenters. The minimum atomic E-state index is 0.642. The zero-order valence-electron chi connectivity index (χ0n) is 8.92. The van der Waals surface area contributed by atoms with Gasteiger partial charge in [0.2, 0.25) is 6.39 Å². The van der Waals surface area contributed by atoms with E-state index >= 15 is 0 Å². The van der Waals surface area contributed by atoms with Crippen LogP contribution in [0.2, 0.25) is 0 Å². The number of aromatic nitrogens is 3. The standard InChI is InChI=1S/C12H11N3O/c1-9-2-3-11-10(6-9)4-5-15(11)7-12-13-8-16-14-12/h2-6,8H,7H2,1H3. The third kappa shape index (κ3) is 1.48. The zero-order valence-corrected chi connectivity index (χ0v) is 8.92. The van der Waals surface area contributed by atoms with Gasteiger partial charge >= 0.3 is 0 Å². The number of hydrogen-bond donors (Lipinski definition) is 0. The normalized spacial score (nSPS) is 11.1. The topological polar surface area (TPSA) is 43.9 Å². The van der Waals surface area contributed by atoms with Crippen LogP contribution in [0.5, 0.6) is 0 Å². The molecule has 2 aromatic heterocycles. The second kappa shape index (κ2) is 3.48. The van der Waals surface area contributed by atoms with Crippen LogP contribution in [0.3, 0.4) is 0 Å². The van der Waals surface area contributed by atoms with Crippen LogP contribution in [-0.4, -0.2) is 14.7 Å². The molecule has 3 rings (SSSR count). The number of rotatable bonds is 2. The first-order valence-corrected chi connectivity index (χ1v) is 5.14. The largest absolute Gasteiger partial charge is 0.343 e. The van der Waals surface area contributed by atoms with Crippen LogP contribution in [-0.2, 0) is 6.54 Å². The SMILES string of the molecule is Cc1ccc2c(ccn2Cc2ncon2)c1. The molecule has 4 nitrogen and oxygen atoms in total. The predicted molar refractivity (Wildman–Crippen MR) is 60.1 cm³/mol. The van der Waals surface area contributed by atoms with Crippen molar-refractivity contribution in [1.29, 1.82) is 0 Å². The Morgan fingerprint density at radius 1 is 1.31 bits per heavy atom. The van der Waals surface area contributed by atoms with E-state index in [1.807, 2.05) is 6.20 Å². The molecule has 0 N–H and O–H groups in total. The van der Waals surface area contributed by atoms with Gasteiger partial charge in [-0.15, -0.1) is 0 Å². The van der Waals surface area contributed by atoms with Gasteiger partial charge in [-0.05, 0) is 30.5 Å². The summed E-state index contributed by atoms with van der Waals surface area (Å²) in [5.41, 5.74) is 2.46. The van der Waals surface area contributed by atoms with Crippen molar-refractivity contribution in [2.45, 2.75) is 13.5 Å². The van der Waals surface area contributed by atoms with Crippen LogP contribution in [0.15, 0.2) is 41.4 Å². The molecule has 16 heavy (non-hydrogen) atoms. The molecule has 0 fully saturated rings. The van der Waals surface area contributed by atoms with E-state index in [0.717, 1.165) is 0 Å². The van der Waals surface area contributed by atoms with E-state index in [9.17, 15) is 0 Å². The van der Waals surface area contributed by atoms with Crippen molar-refractivity contribution >= 4 is 10.9 Å². The van der Waals surface area contributed by atoms with Crippen molar-refractivity contribution in [3.05, 3.63) is 48.2 Å². The molecule has 0 saturated carbocycles. The van der Waals surface area contributed by atoms with Crippen molar-refractivity contribution in [3.8, 4) is 0 Å². The molecule has 0 aliphatic rings. The number of nitrogens with zero attached hydrogens (tertiary/aromatic N) is 3. The molecule has 80 valence electrons. The molecule has 0 saturated heterocycles. The summed E-state index contributed by atoms with van der Waals surface area (Å²) >= 11 is 0. The van der Waals surface area contributed by atoms with Gasteiger partial charge in [0.1, 0.15) is 0 Å². The lowest BCUT2D eigenvalue weighted by atomic mass is 10.2. The van der Waals surface area contributed by atoms with Crippen molar-refractivity contribution in [2.24, 2.45) is 0 Å². The fourth-order valence-electron chi connectivity index (χ4n) is 1.87. The number of aryl methyl sites for hydroxylation is 1. The molecule has 3 aromatic rings. The van der Waals surface area contributed by atoms with E-state index in [0.29, 0.717) is 12.4 Å². The van der Waals surface area contributed by atoms with Gasteiger partial charge in [-0.1, -0.05) is 16.8 Å². The van der Waals surface area contributed by atoms with Gasteiger partial charge in [0.25, 0.3) is 0 Å². The molecule has 0 aliphatic carbocycles. The molecule has 0 radical (unpaired) electrons. The molecular weight excluding hydrogens is 202 g/mol. The van der Waals surface area contributed by atoms with Crippen LogP contribution in [0.1, 0.15) is 11.4 Å². The van der Waals surface area contributed by atoms with Gasteiger partial charge in [-0.3, -0.25) is 0 Å². The van der Waals surface area contributed by atoms with Crippen molar-refractivity contribution < 1.29 is 4.52 Å². The summed E-state index contributed by atoms with van der Waals surface area (Å²) < 4.78 is 6.83. The van der Waals surface area contributed by atoms with E-state index in [2.05, 4.69) is 45.9 Å². The Hall–Kier alpha value is -2.10. The lowest BCUT2D eigenvalue weighted by Crippen LogP contribution is -1.99. The molecule has 1 aromatic carbocycles. The second-order valence-electron chi connectivity index (χ2n) is 3.85. The Morgan fingerprint density at radius 3 is 3.06 bits per heavy atom. The smallest absolute Gasteiger partial charge is 0.213 e. The average Bonchev–Trinajstić information content (AvgIpc) is 2.89. The van der Waals surface area contributed by atoms with Crippen LogP contribution in [0.25, 0.3) is 10.9 Å². The zero-order chi connectivity index (χ0) is 11.0. The van der Waals surface area contributed by atoms with Crippen molar-refractivity contribution in [1.82, 2.24) is 14.7 Å². The van der Waals surface area contributed by atoms with Gasteiger partial charge in [0.15, 0.2) is 5.82 Å². The fourth-order valence-corrected chi connectivity index (χ4v) is 1.87. The Labute approximate surface area is 92.5 Å². The summed E-state index contributed by atoms with van der Waals surface area (Å²) in [6.45, 7) is 2.74. The lowest BCUT2D eigenvalue weighted by molar-refractivity contribution is 0.408. The van der Waals surface area contributed by atoms with Crippen molar-refractivity contribution in [3.63, 3.8) is 0 Å². The van der Waals surface area contributed by atoms with E-state index in [-0.39, 0.29) is 0 Å². The maximum atomic E-state index is 4.72. The van der Waals surface area contributed by atoms with E-state index in [1.165, 1.54) is 22.9 Å². The molecule has 0 aliphatic heterocycles. The molecule has 0 spiro atoms. The minimum Gasteiger partial charge on any atom is -0.343 e. The first kappa shape index (κ1) is 9.15. The van der Waals surface area contributed by atoms with Gasteiger partial charge in [0, 0.05) is 11.7 Å². The van der Waals surface area contributed by atoms with Gasteiger partial charge in [-0.25, -0.2) is 0 Å². The van der Waals surface area contributed by atoms with E-state index in [1.54, 1.807) is 0 Å². The molecule has 0 amide bonds. The first-order chi connectivity index (χ1) is 7.83. The quantitative estimate of drug-likeness (QED) is 0.656. The summed E-state index contributed by atoms with van der Waals surface area (Å²) in [4.78, 5) is 4.02.